The predicted molar refractivity (Wildman–Crippen MR) is 124 cm³/mol. The lowest BCUT2D eigenvalue weighted by Crippen LogP contribution is -2.42. The van der Waals surface area contributed by atoms with Gasteiger partial charge in [-0.2, -0.15) is 0 Å². The number of ketones is 1. The lowest BCUT2D eigenvalue weighted by Gasteiger charge is -2.48. The van der Waals surface area contributed by atoms with E-state index >= 15 is 0 Å². The van der Waals surface area contributed by atoms with E-state index in [2.05, 4.69) is 72.0 Å². The number of hydrogen-bond donors (Lipinski definition) is 0. The Balaban J connectivity index is 1.32. The third-order valence-corrected chi connectivity index (χ3v) is 9.04. The fraction of sp³-hybridized carbons (Fsp3) is 0.500. The Kier molecular flexibility index (Phi) is 5.32. The second kappa shape index (κ2) is 7.81. The summed E-state index contributed by atoms with van der Waals surface area (Å²) < 4.78 is 6.21. The Morgan fingerprint density at radius 2 is 1.93 bits per heavy atom. The Bertz CT molecular complexity index is 908. The molecule has 152 valence electrons. The van der Waals surface area contributed by atoms with Gasteiger partial charge in [-0.05, 0) is 94.7 Å². The molecule has 3 aliphatic carbocycles. The van der Waals surface area contributed by atoms with Crippen molar-refractivity contribution in [1.82, 2.24) is 0 Å². The van der Waals surface area contributed by atoms with E-state index in [0.29, 0.717) is 30.1 Å². The van der Waals surface area contributed by atoms with Crippen LogP contribution in [0, 0.1) is 17.3 Å². The summed E-state index contributed by atoms with van der Waals surface area (Å²) in [4.78, 5) is 12.5. The number of Topliss-reactive ketones (excluding diaryl/α,β-unsaturated/α-hetero) is 1. The van der Waals surface area contributed by atoms with Crippen molar-refractivity contribution in [3.05, 3.63) is 70.8 Å². The smallest absolute Gasteiger partial charge is 0.139 e. The van der Waals surface area contributed by atoms with E-state index in [9.17, 15) is 4.79 Å². The monoisotopic (exact) mass is 500 g/mol. The minimum atomic E-state index is -0.0306. The number of aryl methyl sites for hydroxylation is 1. The Morgan fingerprint density at radius 1 is 1.10 bits per heavy atom. The molecular formula is C26H29IO2. The van der Waals surface area contributed by atoms with Gasteiger partial charge in [0.1, 0.15) is 9.89 Å². The second-order valence-corrected chi connectivity index (χ2v) is 10.5. The van der Waals surface area contributed by atoms with Crippen LogP contribution in [0.15, 0.2) is 48.5 Å². The molecule has 5 atom stereocenters. The van der Waals surface area contributed by atoms with Gasteiger partial charge in [0.2, 0.25) is 0 Å². The topological polar surface area (TPSA) is 26.3 Å². The fourth-order valence-electron chi connectivity index (χ4n) is 6.35. The summed E-state index contributed by atoms with van der Waals surface area (Å²) in [6, 6.07) is 17.4. The van der Waals surface area contributed by atoms with E-state index in [1.807, 2.05) is 6.07 Å². The van der Waals surface area contributed by atoms with Gasteiger partial charge in [-0.15, -0.1) is 0 Å². The zero-order chi connectivity index (χ0) is 20.0. The van der Waals surface area contributed by atoms with Gasteiger partial charge in [-0.1, -0.05) is 55.5 Å². The van der Waals surface area contributed by atoms with Gasteiger partial charge in [-0.3, -0.25) is 4.79 Å². The van der Waals surface area contributed by atoms with E-state index in [1.54, 1.807) is 5.56 Å². The van der Waals surface area contributed by atoms with Gasteiger partial charge >= 0.3 is 0 Å². The van der Waals surface area contributed by atoms with E-state index in [0.717, 1.165) is 25.7 Å². The maximum absolute atomic E-state index is 12.5. The number of alkyl halides is 1. The minimum absolute atomic E-state index is 0.0306. The van der Waals surface area contributed by atoms with Gasteiger partial charge in [0.15, 0.2) is 0 Å². The number of carbonyl (C=O) groups excluding carboxylic acids is 1. The molecule has 0 bridgehead atoms. The molecule has 0 aliphatic heterocycles. The van der Waals surface area contributed by atoms with Crippen molar-refractivity contribution in [3.63, 3.8) is 0 Å². The molecule has 0 heterocycles. The molecule has 0 amide bonds. The molecular weight excluding hydrogens is 471 g/mol. The molecule has 3 aliphatic rings. The average Bonchev–Trinajstić information content (AvgIpc) is 3.06. The van der Waals surface area contributed by atoms with Crippen LogP contribution in [-0.4, -0.2) is 5.78 Å². The molecule has 2 aromatic rings. The number of fused-ring (bicyclic) bond motifs is 5. The van der Waals surface area contributed by atoms with Crippen molar-refractivity contribution in [1.29, 1.82) is 0 Å². The van der Waals surface area contributed by atoms with Crippen molar-refractivity contribution in [3.8, 4) is 0 Å². The highest BCUT2D eigenvalue weighted by Gasteiger charge is 2.54. The van der Waals surface area contributed by atoms with Crippen LogP contribution in [0.25, 0.3) is 0 Å². The Labute approximate surface area is 187 Å². The van der Waals surface area contributed by atoms with Gasteiger partial charge in [0, 0.05) is 11.8 Å². The summed E-state index contributed by atoms with van der Waals surface area (Å²) in [5, 5.41) is 0. The molecule has 3 heteroatoms. The molecule has 2 fully saturated rings. The third-order valence-electron chi connectivity index (χ3n) is 7.96. The normalized spacial score (nSPS) is 31.7. The molecule has 2 nitrogen and oxygen atoms in total. The largest absolute Gasteiger partial charge is 0.358 e. The van der Waals surface area contributed by atoms with Gasteiger partial charge in [0.25, 0.3) is 0 Å². The molecule has 0 N–H and O–H groups in total. The van der Waals surface area contributed by atoms with Crippen molar-refractivity contribution in [2.45, 2.75) is 62.1 Å². The number of benzene rings is 2. The summed E-state index contributed by atoms with van der Waals surface area (Å²) in [7, 11) is 0. The van der Waals surface area contributed by atoms with Crippen LogP contribution in [-0.2, 0) is 22.6 Å². The van der Waals surface area contributed by atoms with E-state index in [-0.39, 0.29) is 9.53 Å². The van der Waals surface area contributed by atoms with E-state index in [1.165, 1.54) is 29.5 Å². The fourth-order valence-corrected chi connectivity index (χ4v) is 6.92. The highest BCUT2D eigenvalue weighted by atomic mass is 127. The molecule has 0 radical (unpaired) electrons. The quantitative estimate of drug-likeness (QED) is 0.343. The summed E-state index contributed by atoms with van der Waals surface area (Å²) >= 11 is 2.41. The minimum Gasteiger partial charge on any atom is -0.358 e. The summed E-state index contributed by atoms with van der Waals surface area (Å²) in [6.07, 6.45) is 6.57. The summed E-state index contributed by atoms with van der Waals surface area (Å²) in [6.45, 7) is 2.90. The molecule has 0 saturated heterocycles. The third kappa shape index (κ3) is 3.48. The second-order valence-electron chi connectivity index (χ2n) is 9.40. The van der Waals surface area contributed by atoms with E-state index in [4.69, 9.17) is 4.74 Å². The SMILES string of the molecule is C[C@]12CC[C@@H]3c4ccc(C(I)OCc5ccccc5)cc4CC[C@H]3[C@@H]1CCC2=O. The number of hydrogen-bond acceptors (Lipinski definition) is 2. The van der Waals surface area contributed by atoms with Crippen molar-refractivity contribution >= 4 is 28.4 Å². The van der Waals surface area contributed by atoms with Gasteiger partial charge in [-0.25, -0.2) is 0 Å². The summed E-state index contributed by atoms with van der Waals surface area (Å²) in [5.74, 6) is 2.48. The lowest BCUT2D eigenvalue weighted by molar-refractivity contribution is -0.129. The van der Waals surface area contributed by atoms with Crippen LogP contribution in [0.3, 0.4) is 0 Å². The van der Waals surface area contributed by atoms with Gasteiger partial charge in [0.05, 0.1) is 6.61 Å². The standard InChI is InChI=1S/C26H29IO2/c1-26-14-13-21-20-9-8-19(25(27)29-16-17-5-3-2-4-6-17)15-18(20)7-10-22(21)23(26)11-12-24(26)28/h2-6,8-9,15,21-23,25H,7,10-14,16H2,1H3/t21-,22-,23+,25?,26+/m1/s1. The molecule has 0 spiro atoms. The Hall–Kier alpha value is -1.20. The first kappa shape index (κ1) is 19.7. The first-order chi connectivity index (χ1) is 14.1. The molecule has 29 heavy (non-hydrogen) atoms. The highest BCUT2D eigenvalue weighted by Crippen LogP contribution is 2.59. The summed E-state index contributed by atoms with van der Waals surface area (Å²) in [5.41, 5.74) is 5.53. The molecule has 0 aromatic heterocycles. The van der Waals surface area contributed by atoms with Crippen molar-refractivity contribution in [2.75, 3.05) is 0 Å². The molecule has 2 saturated carbocycles. The highest BCUT2D eigenvalue weighted by molar-refractivity contribution is 14.1. The van der Waals surface area contributed by atoms with Gasteiger partial charge < -0.3 is 4.74 Å². The van der Waals surface area contributed by atoms with Crippen LogP contribution in [0.4, 0.5) is 0 Å². The maximum atomic E-state index is 12.5. The number of rotatable bonds is 4. The molecule has 2 aromatic carbocycles. The van der Waals surface area contributed by atoms with E-state index < -0.39 is 0 Å². The first-order valence-corrected chi connectivity index (χ1v) is 12.3. The van der Waals surface area contributed by atoms with Crippen LogP contribution < -0.4 is 0 Å². The molecule has 1 unspecified atom stereocenters. The number of halogens is 1. The van der Waals surface area contributed by atoms with Crippen LogP contribution in [0.2, 0.25) is 0 Å². The molecule has 5 rings (SSSR count). The predicted octanol–water partition coefficient (Wildman–Crippen LogP) is 6.76. The van der Waals surface area contributed by atoms with Crippen LogP contribution in [0.5, 0.6) is 0 Å². The van der Waals surface area contributed by atoms with Crippen molar-refractivity contribution in [2.24, 2.45) is 17.3 Å². The zero-order valence-electron chi connectivity index (χ0n) is 17.1. The van der Waals surface area contributed by atoms with Crippen LogP contribution >= 0.6 is 22.6 Å². The Morgan fingerprint density at radius 3 is 2.76 bits per heavy atom. The maximum Gasteiger partial charge on any atom is 0.139 e. The lowest BCUT2D eigenvalue weighted by atomic mass is 9.55. The number of ether oxygens (including phenoxy) is 1. The first-order valence-electron chi connectivity index (χ1n) is 11.0. The van der Waals surface area contributed by atoms with Crippen LogP contribution in [0.1, 0.15) is 71.3 Å². The number of carbonyl (C=O) groups is 1. The zero-order valence-corrected chi connectivity index (χ0v) is 19.2. The average molecular weight is 500 g/mol. The van der Waals surface area contributed by atoms with Crippen molar-refractivity contribution < 1.29 is 9.53 Å².